The predicted molar refractivity (Wildman–Crippen MR) is 115 cm³/mol. The molecule has 2 unspecified atom stereocenters. The van der Waals surface area contributed by atoms with Gasteiger partial charge in [-0.05, 0) is 78.3 Å². The molecule has 0 radical (unpaired) electrons. The number of nitrogens with zero attached hydrogens (tertiary/aromatic N) is 1. The Morgan fingerprint density at radius 1 is 1.20 bits per heavy atom. The average Bonchev–Trinajstić information content (AvgIpc) is 2.67. The number of aliphatic hydroxyl groups is 1. The number of hydrogen-bond donors (Lipinski definition) is 1. The van der Waals surface area contributed by atoms with Crippen molar-refractivity contribution in [2.24, 2.45) is 0 Å². The number of rotatable bonds is 4. The topological polar surface area (TPSA) is 33.1 Å². The molecule has 0 fully saturated rings. The highest BCUT2D eigenvalue weighted by atomic mass is 79.9. The molecule has 2 aliphatic carbocycles. The van der Waals surface area contributed by atoms with Gasteiger partial charge in [0.1, 0.15) is 0 Å². The summed E-state index contributed by atoms with van der Waals surface area (Å²) in [5.41, 5.74) is 0.385. The van der Waals surface area contributed by atoms with Gasteiger partial charge < -0.3 is 5.11 Å². The number of aromatic nitrogens is 1. The van der Waals surface area contributed by atoms with Crippen molar-refractivity contribution in [3.63, 3.8) is 0 Å². The molecule has 2 aliphatic rings. The van der Waals surface area contributed by atoms with Crippen LogP contribution in [0.15, 0.2) is 41.0 Å². The Kier molecular flexibility index (Phi) is 5.60. The van der Waals surface area contributed by atoms with Crippen LogP contribution in [0.3, 0.4) is 0 Å². The smallest absolute Gasteiger partial charge is 0.380 e. The lowest BCUT2D eigenvalue weighted by Gasteiger charge is -2.43. The Bertz CT molecular complexity index is 987. The average molecular weight is 480 g/mol. The number of hydrogen-bond acceptors (Lipinski definition) is 2. The molecule has 6 heteroatoms. The molecule has 2 atom stereocenters. The van der Waals surface area contributed by atoms with Crippen LogP contribution < -0.4 is 0 Å². The third-order valence-corrected chi connectivity index (χ3v) is 7.23. The summed E-state index contributed by atoms with van der Waals surface area (Å²) in [7, 11) is 0. The quantitative estimate of drug-likeness (QED) is 0.556. The van der Waals surface area contributed by atoms with Gasteiger partial charge in [-0.1, -0.05) is 47.1 Å². The Morgan fingerprint density at radius 3 is 2.77 bits per heavy atom. The zero-order valence-electron chi connectivity index (χ0n) is 16.9. The fourth-order valence-electron chi connectivity index (χ4n) is 5.19. The minimum absolute atomic E-state index is 0.375. The number of allylic oxidation sites excluding steroid dienone is 1. The van der Waals surface area contributed by atoms with Gasteiger partial charge in [-0.15, -0.1) is 0 Å². The van der Waals surface area contributed by atoms with Crippen molar-refractivity contribution < 1.29 is 18.3 Å². The normalized spacial score (nSPS) is 22.9. The number of aryl methyl sites for hydroxylation is 2. The molecule has 160 valence electrons. The van der Waals surface area contributed by atoms with Crippen molar-refractivity contribution in [1.82, 2.24) is 4.98 Å². The van der Waals surface area contributed by atoms with Crippen LogP contribution in [0.25, 0.3) is 6.08 Å². The molecular weight excluding hydrogens is 455 g/mol. The lowest BCUT2D eigenvalue weighted by Crippen LogP contribution is -2.52. The summed E-state index contributed by atoms with van der Waals surface area (Å²) in [5.74, 6) is 0. The largest absolute Gasteiger partial charge is 0.417 e. The van der Waals surface area contributed by atoms with Gasteiger partial charge >= 0.3 is 6.18 Å². The standard InChI is InChI=1S/C24H25BrF3NO/c1-22(12-5-7-16-6-4-9-19(25)21(16)22)15-23(30,24(26,27)28)14-17-11-13-29-20-10-3-2-8-18(17)20/h2,4,6,8-9,11,13,30H,3,5,7,10,12,14-15H2,1H3. The van der Waals surface area contributed by atoms with Crippen LogP contribution in [0.4, 0.5) is 13.2 Å². The van der Waals surface area contributed by atoms with Gasteiger partial charge in [0.25, 0.3) is 0 Å². The van der Waals surface area contributed by atoms with Crippen molar-refractivity contribution in [2.45, 2.75) is 69.1 Å². The molecule has 2 aromatic rings. The zero-order chi connectivity index (χ0) is 21.6. The van der Waals surface area contributed by atoms with Crippen molar-refractivity contribution in [2.75, 3.05) is 0 Å². The third kappa shape index (κ3) is 3.84. The van der Waals surface area contributed by atoms with Gasteiger partial charge in [0.15, 0.2) is 5.60 Å². The second-order valence-electron chi connectivity index (χ2n) is 8.84. The molecule has 1 aromatic heterocycles. The van der Waals surface area contributed by atoms with E-state index in [4.69, 9.17) is 0 Å². The van der Waals surface area contributed by atoms with Crippen molar-refractivity contribution >= 4 is 22.0 Å². The summed E-state index contributed by atoms with van der Waals surface area (Å²) < 4.78 is 43.8. The summed E-state index contributed by atoms with van der Waals surface area (Å²) in [4.78, 5) is 4.32. The summed E-state index contributed by atoms with van der Waals surface area (Å²) in [5, 5.41) is 11.2. The third-order valence-electron chi connectivity index (χ3n) is 6.57. The predicted octanol–water partition coefficient (Wildman–Crippen LogP) is 6.32. The Balaban J connectivity index is 1.75. The zero-order valence-corrected chi connectivity index (χ0v) is 18.5. The maximum absolute atomic E-state index is 14.3. The minimum atomic E-state index is -4.75. The van der Waals surface area contributed by atoms with E-state index in [1.54, 1.807) is 12.3 Å². The molecular formula is C24H25BrF3NO. The molecule has 30 heavy (non-hydrogen) atoms. The molecule has 0 aliphatic heterocycles. The van der Waals surface area contributed by atoms with Gasteiger partial charge in [0, 0.05) is 22.8 Å². The van der Waals surface area contributed by atoms with E-state index in [2.05, 4.69) is 20.9 Å². The second kappa shape index (κ2) is 7.79. The van der Waals surface area contributed by atoms with E-state index in [1.807, 2.05) is 37.3 Å². The van der Waals surface area contributed by atoms with E-state index in [1.165, 1.54) is 0 Å². The van der Waals surface area contributed by atoms with E-state index in [0.717, 1.165) is 46.1 Å². The van der Waals surface area contributed by atoms with Crippen LogP contribution in [0.2, 0.25) is 0 Å². The van der Waals surface area contributed by atoms with E-state index < -0.39 is 23.6 Å². The first-order valence-corrected chi connectivity index (χ1v) is 11.1. The highest BCUT2D eigenvalue weighted by molar-refractivity contribution is 9.10. The fourth-order valence-corrected chi connectivity index (χ4v) is 6.07. The van der Waals surface area contributed by atoms with Crippen LogP contribution in [0, 0.1) is 0 Å². The van der Waals surface area contributed by atoms with Crippen LogP contribution in [-0.2, 0) is 24.7 Å². The molecule has 1 N–H and O–H groups in total. The molecule has 2 nitrogen and oxygen atoms in total. The first-order chi connectivity index (χ1) is 14.1. The maximum Gasteiger partial charge on any atom is 0.417 e. The SMILES string of the molecule is CC1(CC(O)(Cc2ccnc3c2C=CCC3)C(F)(F)F)CCCc2cccc(Br)c21. The second-order valence-corrected chi connectivity index (χ2v) is 9.70. The molecule has 0 spiro atoms. The molecule has 0 amide bonds. The van der Waals surface area contributed by atoms with Crippen molar-refractivity contribution in [3.8, 4) is 0 Å². The van der Waals surface area contributed by atoms with Crippen molar-refractivity contribution in [1.29, 1.82) is 0 Å². The maximum atomic E-state index is 14.3. The van der Waals surface area contributed by atoms with Gasteiger partial charge in [0.2, 0.25) is 0 Å². The van der Waals surface area contributed by atoms with Crippen molar-refractivity contribution in [3.05, 3.63) is 69.0 Å². The molecule has 1 heterocycles. The Labute approximate surface area is 183 Å². The molecule has 4 rings (SSSR count). The molecule has 1 aromatic carbocycles. The molecule has 0 saturated carbocycles. The number of pyridine rings is 1. The summed E-state index contributed by atoms with van der Waals surface area (Å²) in [6.45, 7) is 1.86. The Hall–Kier alpha value is -1.66. The first-order valence-electron chi connectivity index (χ1n) is 10.3. The summed E-state index contributed by atoms with van der Waals surface area (Å²) in [6.07, 6.45) is 3.55. The van der Waals surface area contributed by atoms with E-state index in [9.17, 15) is 18.3 Å². The van der Waals surface area contributed by atoms with Gasteiger partial charge in [0.05, 0.1) is 0 Å². The van der Waals surface area contributed by atoms with E-state index in [0.29, 0.717) is 18.4 Å². The van der Waals surface area contributed by atoms with Crippen LogP contribution in [-0.4, -0.2) is 21.9 Å². The number of halogens is 4. The highest BCUT2D eigenvalue weighted by Gasteiger charge is 2.57. The molecule has 0 saturated heterocycles. The summed E-state index contributed by atoms with van der Waals surface area (Å²) in [6, 6.07) is 7.38. The number of benzene rings is 1. The Morgan fingerprint density at radius 2 is 2.00 bits per heavy atom. The fraction of sp³-hybridized carbons (Fsp3) is 0.458. The first kappa shape index (κ1) is 21.6. The van der Waals surface area contributed by atoms with Gasteiger partial charge in [-0.2, -0.15) is 13.2 Å². The van der Waals surface area contributed by atoms with Gasteiger partial charge in [-0.3, -0.25) is 4.98 Å². The van der Waals surface area contributed by atoms with Crippen LogP contribution in [0.5, 0.6) is 0 Å². The van der Waals surface area contributed by atoms with Gasteiger partial charge in [-0.25, -0.2) is 0 Å². The minimum Gasteiger partial charge on any atom is -0.380 e. The number of alkyl halides is 3. The summed E-state index contributed by atoms with van der Waals surface area (Å²) >= 11 is 3.55. The van der Waals surface area contributed by atoms with E-state index in [-0.39, 0.29) is 6.42 Å². The highest BCUT2D eigenvalue weighted by Crippen LogP contribution is 2.50. The molecule has 0 bridgehead atoms. The number of fused-ring (bicyclic) bond motifs is 2. The lowest BCUT2D eigenvalue weighted by molar-refractivity contribution is -0.267. The van der Waals surface area contributed by atoms with Crippen LogP contribution in [0.1, 0.15) is 60.6 Å². The lowest BCUT2D eigenvalue weighted by atomic mass is 9.65. The van der Waals surface area contributed by atoms with Crippen LogP contribution >= 0.6 is 15.9 Å². The van der Waals surface area contributed by atoms with E-state index >= 15 is 0 Å². The monoisotopic (exact) mass is 479 g/mol.